The lowest BCUT2D eigenvalue weighted by atomic mass is 10.1. The van der Waals surface area contributed by atoms with Gasteiger partial charge in [0.1, 0.15) is 0 Å². The number of carbonyl (C=O) groups is 2. The molecule has 2 rings (SSSR count). The van der Waals surface area contributed by atoms with Crippen LogP contribution >= 0.6 is 0 Å². The quantitative estimate of drug-likeness (QED) is 0.630. The van der Waals surface area contributed by atoms with Crippen LogP contribution in [0.2, 0.25) is 0 Å². The van der Waals surface area contributed by atoms with Crippen molar-refractivity contribution >= 4 is 11.8 Å². The zero-order valence-electron chi connectivity index (χ0n) is 11.5. The van der Waals surface area contributed by atoms with Crippen LogP contribution < -0.4 is 0 Å². The third-order valence-electron chi connectivity index (χ3n) is 3.00. The number of hydrogen-bond acceptors (Lipinski definition) is 3. The van der Waals surface area contributed by atoms with Crippen molar-refractivity contribution < 1.29 is 14.3 Å². The summed E-state index contributed by atoms with van der Waals surface area (Å²) < 4.78 is 5.20. The highest BCUT2D eigenvalue weighted by atomic mass is 16.5. The molecule has 0 aliphatic carbocycles. The fourth-order valence-corrected chi connectivity index (χ4v) is 1.81. The van der Waals surface area contributed by atoms with Gasteiger partial charge in [-0.3, -0.25) is 4.79 Å². The predicted octanol–water partition coefficient (Wildman–Crippen LogP) is 3.42. The second kappa shape index (κ2) is 6.15. The van der Waals surface area contributed by atoms with Crippen molar-refractivity contribution in [3.05, 3.63) is 71.3 Å². The molecule has 0 aliphatic heterocycles. The summed E-state index contributed by atoms with van der Waals surface area (Å²) in [4.78, 5) is 24.0. The SMILES string of the molecule is Cc1ccc(C(=O)O[C@H](C)C(=O)c2ccccc2)cc1. The standard InChI is InChI=1S/C17H16O3/c1-12-8-10-15(11-9-12)17(19)20-13(2)16(18)14-6-4-3-5-7-14/h3-11,13H,1-2H3/t13-/m1/s1. The number of ether oxygens (including phenoxy) is 1. The van der Waals surface area contributed by atoms with Gasteiger partial charge in [0.15, 0.2) is 6.10 Å². The molecule has 0 aromatic heterocycles. The predicted molar refractivity (Wildman–Crippen MR) is 76.8 cm³/mol. The van der Waals surface area contributed by atoms with Crippen molar-refractivity contribution in [3.63, 3.8) is 0 Å². The first-order valence-electron chi connectivity index (χ1n) is 6.45. The van der Waals surface area contributed by atoms with Gasteiger partial charge in [0.05, 0.1) is 5.56 Å². The van der Waals surface area contributed by atoms with Gasteiger partial charge in [-0.1, -0.05) is 48.0 Å². The Labute approximate surface area is 118 Å². The lowest BCUT2D eigenvalue weighted by Crippen LogP contribution is -2.24. The Morgan fingerprint density at radius 3 is 2.10 bits per heavy atom. The molecule has 0 bridgehead atoms. The molecule has 1 atom stereocenters. The van der Waals surface area contributed by atoms with Crippen LogP contribution in [0.1, 0.15) is 33.2 Å². The number of Topliss-reactive ketones (excluding diaryl/α,β-unsaturated/α-hetero) is 1. The third kappa shape index (κ3) is 3.32. The Bertz CT molecular complexity index is 600. The third-order valence-corrected chi connectivity index (χ3v) is 3.00. The molecule has 20 heavy (non-hydrogen) atoms. The first kappa shape index (κ1) is 14.0. The summed E-state index contributed by atoms with van der Waals surface area (Å²) in [6.45, 7) is 3.53. The van der Waals surface area contributed by atoms with Crippen molar-refractivity contribution in [2.75, 3.05) is 0 Å². The molecule has 0 heterocycles. The van der Waals surface area contributed by atoms with E-state index in [-0.39, 0.29) is 5.78 Å². The normalized spacial score (nSPS) is 11.7. The van der Waals surface area contributed by atoms with Crippen LogP contribution in [-0.2, 0) is 4.74 Å². The van der Waals surface area contributed by atoms with Crippen molar-refractivity contribution in [2.24, 2.45) is 0 Å². The van der Waals surface area contributed by atoms with Gasteiger partial charge in [-0.15, -0.1) is 0 Å². The molecule has 0 radical (unpaired) electrons. The molecule has 2 aromatic rings. The topological polar surface area (TPSA) is 43.4 Å². The molecular weight excluding hydrogens is 252 g/mol. The molecule has 0 N–H and O–H groups in total. The first-order chi connectivity index (χ1) is 9.58. The van der Waals surface area contributed by atoms with E-state index in [1.165, 1.54) is 0 Å². The monoisotopic (exact) mass is 268 g/mol. The maximum absolute atomic E-state index is 12.1. The number of esters is 1. The average molecular weight is 268 g/mol. The molecule has 3 nitrogen and oxygen atoms in total. The Balaban J connectivity index is 2.04. The molecule has 2 aromatic carbocycles. The van der Waals surface area contributed by atoms with Crippen LogP contribution in [0, 0.1) is 6.92 Å². The van der Waals surface area contributed by atoms with Crippen LogP contribution in [0.5, 0.6) is 0 Å². The summed E-state index contributed by atoms with van der Waals surface area (Å²) in [7, 11) is 0. The Morgan fingerprint density at radius 2 is 1.50 bits per heavy atom. The zero-order chi connectivity index (χ0) is 14.5. The van der Waals surface area contributed by atoms with Crippen molar-refractivity contribution in [3.8, 4) is 0 Å². The van der Waals surface area contributed by atoms with Crippen LogP contribution in [-0.4, -0.2) is 17.9 Å². The lowest BCUT2D eigenvalue weighted by molar-refractivity contribution is 0.0319. The highest BCUT2D eigenvalue weighted by Crippen LogP contribution is 2.10. The minimum atomic E-state index is -0.800. The second-order valence-corrected chi connectivity index (χ2v) is 4.64. The fraction of sp³-hybridized carbons (Fsp3) is 0.176. The molecule has 0 fully saturated rings. The van der Waals surface area contributed by atoms with Gasteiger partial charge in [-0.25, -0.2) is 4.79 Å². The van der Waals surface area contributed by atoms with E-state index < -0.39 is 12.1 Å². The largest absolute Gasteiger partial charge is 0.451 e. The van der Waals surface area contributed by atoms with Crippen molar-refractivity contribution in [1.82, 2.24) is 0 Å². The van der Waals surface area contributed by atoms with Crippen LogP contribution in [0.4, 0.5) is 0 Å². The minimum Gasteiger partial charge on any atom is -0.451 e. The van der Waals surface area contributed by atoms with E-state index in [0.717, 1.165) is 5.56 Å². The molecule has 0 saturated carbocycles. The van der Waals surface area contributed by atoms with E-state index >= 15 is 0 Å². The van der Waals surface area contributed by atoms with Crippen molar-refractivity contribution in [2.45, 2.75) is 20.0 Å². The van der Waals surface area contributed by atoms with E-state index in [4.69, 9.17) is 4.74 Å². The highest BCUT2D eigenvalue weighted by Gasteiger charge is 2.19. The molecule has 0 unspecified atom stereocenters. The van der Waals surface area contributed by atoms with E-state index in [1.807, 2.05) is 25.1 Å². The number of carbonyl (C=O) groups excluding carboxylic acids is 2. The Hall–Kier alpha value is -2.42. The number of rotatable bonds is 4. The summed E-state index contributed by atoms with van der Waals surface area (Å²) in [6.07, 6.45) is -0.800. The summed E-state index contributed by atoms with van der Waals surface area (Å²) in [5.41, 5.74) is 2.05. The van der Waals surface area contributed by atoms with Gasteiger partial charge in [0, 0.05) is 5.56 Å². The van der Waals surface area contributed by atoms with Gasteiger partial charge in [-0.05, 0) is 26.0 Å². The van der Waals surface area contributed by atoms with Gasteiger partial charge >= 0.3 is 5.97 Å². The summed E-state index contributed by atoms with van der Waals surface area (Å²) in [5, 5.41) is 0. The average Bonchev–Trinajstić information content (AvgIpc) is 2.48. The maximum Gasteiger partial charge on any atom is 0.338 e. The fourth-order valence-electron chi connectivity index (χ4n) is 1.81. The van der Waals surface area contributed by atoms with E-state index in [1.54, 1.807) is 43.3 Å². The van der Waals surface area contributed by atoms with Gasteiger partial charge in [0.2, 0.25) is 5.78 Å². The van der Waals surface area contributed by atoms with Gasteiger partial charge < -0.3 is 4.74 Å². The summed E-state index contributed by atoms with van der Waals surface area (Å²) in [5.74, 6) is -0.687. The molecule has 0 spiro atoms. The van der Waals surface area contributed by atoms with Crippen LogP contribution in [0.15, 0.2) is 54.6 Å². The summed E-state index contributed by atoms with van der Waals surface area (Å²) in [6, 6.07) is 15.9. The van der Waals surface area contributed by atoms with E-state index in [9.17, 15) is 9.59 Å². The Kier molecular flexibility index (Phi) is 4.31. The van der Waals surface area contributed by atoms with Gasteiger partial charge in [0.25, 0.3) is 0 Å². The molecule has 0 amide bonds. The van der Waals surface area contributed by atoms with Gasteiger partial charge in [-0.2, -0.15) is 0 Å². The zero-order valence-corrected chi connectivity index (χ0v) is 11.5. The van der Waals surface area contributed by atoms with E-state index in [2.05, 4.69) is 0 Å². The van der Waals surface area contributed by atoms with Crippen LogP contribution in [0.25, 0.3) is 0 Å². The van der Waals surface area contributed by atoms with E-state index in [0.29, 0.717) is 11.1 Å². The molecule has 0 saturated heterocycles. The molecule has 0 aliphatic rings. The first-order valence-corrected chi connectivity index (χ1v) is 6.45. The smallest absolute Gasteiger partial charge is 0.338 e. The number of ketones is 1. The molecule has 3 heteroatoms. The molecule has 102 valence electrons. The number of aryl methyl sites for hydroxylation is 1. The second-order valence-electron chi connectivity index (χ2n) is 4.64. The summed E-state index contributed by atoms with van der Waals surface area (Å²) >= 11 is 0. The maximum atomic E-state index is 12.1. The lowest BCUT2D eigenvalue weighted by Gasteiger charge is -2.12. The Morgan fingerprint density at radius 1 is 0.900 bits per heavy atom. The minimum absolute atomic E-state index is 0.203. The number of benzene rings is 2. The number of hydrogen-bond donors (Lipinski definition) is 0. The molecular formula is C17H16O3. The van der Waals surface area contributed by atoms with Crippen LogP contribution in [0.3, 0.4) is 0 Å². The highest BCUT2D eigenvalue weighted by molar-refractivity contribution is 6.01. The van der Waals surface area contributed by atoms with Crippen molar-refractivity contribution in [1.29, 1.82) is 0 Å².